The monoisotopic (exact) mass is 536 g/mol. The number of benzene rings is 3. The van der Waals surface area contributed by atoms with Crippen molar-refractivity contribution in [2.45, 2.75) is 85.2 Å². The summed E-state index contributed by atoms with van der Waals surface area (Å²) < 4.78 is 16.1. The second-order valence-electron chi connectivity index (χ2n) is 13.2. The number of rotatable bonds is 12. The Kier molecular flexibility index (Phi) is 9.88. The highest BCUT2D eigenvalue weighted by atomic mass is 19.1. The molecule has 0 aliphatic heterocycles. The van der Waals surface area contributed by atoms with Gasteiger partial charge in [-0.15, -0.1) is 0 Å². The Labute approximate surface area is 243 Å². The average molecular weight is 537 g/mol. The van der Waals surface area contributed by atoms with Gasteiger partial charge in [-0.05, 0) is 89.4 Å². The van der Waals surface area contributed by atoms with Gasteiger partial charge in [0, 0.05) is 0 Å². The molecule has 0 fully saturated rings. The first kappa shape index (κ1) is 30.0. The zero-order chi connectivity index (χ0) is 28.8. The predicted octanol–water partition coefficient (Wildman–Crippen LogP) is 11.4. The van der Waals surface area contributed by atoms with Gasteiger partial charge in [0.25, 0.3) is 0 Å². The van der Waals surface area contributed by atoms with E-state index in [1.54, 1.807) is 0 Å². The van der Waals surface area contributed by atoms with Gasteiger partial charge in [-0.2, -0.15) is 0 Å². The van der Waals surface area contributed by atoms with Crippen LogP contribution in [-0.2, 0) is 6.42 Å². The summed E-state index contributed by atoms with van der Waals surface area (Å²) in [7, 11) is 0. The van der Waals surface area contributed by atoms with Crippen molar-refractivity contribution >= 4 is 0 Å². The quantitative estimate of drug-likeness (QED) is 0.202. The largest absolute Gasteiger partial charge is 0.242 e. The van der Waals surface area contributed by atoms with Gasteiger partial charge in [0.05, 0.1) is 0 Å². The molecule has 0 heterocycles. The molecule has 3 aromatic carbocycles. The fourth-order valence-electron chi connectivity index (χ4n) is 7.59. The lowest BCUT2D eigenvalue weighted by Crippen LogP contribution is -2.37. The van der Waals surface area contributed by atoms with E-state index in [-0.39, 0.29) is 22.7 Å². The number of hydrogen-bond donors (Lipinski definition) is 0. The minimum atomic E-state index is -1.00. The molecule has 0 aromatic heterocycles. The highest BCUT2D eigenvalue weighted by molar-refractivity contribution is 5.41. The summed E-state index contributed by atoms with van der Waals surface area (Å²) in [6.45, 7) is 14.1. The van der Waals surface area contributed by atoms with Gasteiger partial charge in [0.1, 0.15) is 6.17 Å². The van der Waals surface area contributed by atoms with Gasteiger partial charge in [0.15, 0.2) is 0 Å². The normalized spacial score (nSPS) is 20.1. The summed E-state index contributed by atoms with van der Waals surface area (Å²) in [5, 5.41) is 0. The lowest BCUT2D eigenvalue weighted by atomic mass is 9.59. The molecule has 0 amide bonds. The number of alkyl halides is 1. The number of hydrogen-bond acceptors (Lipinski definition) is 0. The zero-order valence-corrected chi connectivity index (χ0v) is 25.5. The minimum absolute atomic E-state index is 0.0542. The van der Waals surface area contributed by atoms with E-state index in [0.717, 1.165) is 24.8 Å². The number of allylic oxidation sites excluding steroid dienone is 4. The van der Waals surface area contributed by atoms with E-state index < -0.39 is 6.17 Å². The molecule has 0 saturated carbocycles. The van der Waals surface area contributed by atoms with Crippen molar-refractivity contribution in [3.05, 3.63) is 131 Å². The van der Waals surface area contributed by atoms with Crippen LogP contribution >= 0.6 is 0 Å². The van der Waals surface area contributed by atoms with Crippen LogP contribution in [0.25, 0.3) is 0 Å². The summed E-state index contributed by atoms with van der Waals surface area (Å²) in [5.74, 6) is 1.16. The standard InChI is InChI=1S/C39H49F/c1-7-9-24-32(18-8-2)38(3,4)28-39(5,6)35-26-31-23-16-17-25-33(31)37(35)34(29-19-12-10-13-20-29)27-36(40)30-21-14-11-15-22-30/h8-25,32,34-37H,7,26-28H2,1-6H3/b18-8+,24-9+. The first-order valence-electron chi connectivity index (χ1n) is 15.3. The van der Waals surface area contributed by atoms with Crippen LogP contribution in [-0.4, -0.2) is 0 Å². The molecule has 1 heteroatoms. The lowest BCUT2D eigenvalue weighted by Gasteiger charge is -2.45. The van der Waals surface area contributed by atoms with Crippen molar-refractivity contribution in [3.8, 4) is 0 Å². The third kappa shape index (κ3) is 6.85. The molecule has 40 heavy (non-hydrogen) atoms. The zero-order valence-electron chi connectivity index (χ0n) is 25.5. The minimum Gasteiger partial charge on any atom is -0.242 e. The van der Waals surface area contributed by atoms with Crippen molar-refractivity contribution in [3.63, 3.8) is 0 Å². The predicted molar refractivity (Wildman–Crippen MR) is 170 cm³/mol. The maximum Gasteiger partial charge on any atom is 0.126 e. The van der Waals surface area contributed by atoms with Gasteiger partial charge in [-0.1, -0.05) is 144 Å². The fraction of sp³-hybridized carbons (Fsp3) is 0.436. The first-order valence-corrected chi connectivity index (χ1v) is 15.3. The van der Waals surface area contributed by atoms with E-state index in [9.17, 15) is 0 Å². The smallest absolute Gasteiger partial charge is 0.126 e. The van der Waals surface area contributed by atoms with Crippen LogP contribution in [0.2, 0.25) is 0 Å². The molecule has 3 aromatic rings. The maximum absolute atomic E-state index is 16.1. The maximum atomic E-state index is 16.1. The molecule has 4 rings (SSSR count). The molecule has 0 bridgehead atoms. The second-order valence-corrected chi connectivity index (χ2v) is 13.2. The third-order valence-electron chi connectivity index (χ3n) is 9.37. The molecule has 212 valence electrons. The topological polar surface area (TPSA) is 0 Å². The van der Waals surface area contributed by atoms with Crippen LogP contribution < -0.4 is 0 Å². The summed E-state index contributed by atoms with van der Waals surface area (Å²) >= 11 is 0. The molecule has 0 saturated heterocycles. The Hall–Kier alpha value is -2.93. The van der Waals surface area contributed by atoms with E-state index in [1.807, 2.05) is 30.3 Å². The Bertz CT molecular complexity index is 1250. The molecule has 0 spiro atoms. The Morgan fingerprint density at radius 2 is 1.43 bits per heavy atom. The van der Waals surface area contributed by atoms with Crippen LogP contribution in [0.15, 0.2) is 109 Å². The van der Waals surface area contributed by atoms with E-state index in [2.05, 4.69) is 120 Å². The second kappa shape index (κ2) is 13.2. The summed E-state index contributed by atoms with van der Waals surface area (Å²) in [6, 6.07) is 29.5. The van der Waals surface area contributed by atoms with Crippen molar-refractivity contribution in [2.24, 2.45) is 22.7 Å². The number of halogens is 1. The average Bonchev–Trinajstić information content (AvgIpc) is 3.35. The third-order valence-corrected chi connectivity index (χ3v) is 9.37. The van der Waals surface area contributed by atoms with Gasteiger partial charge >= 0.3 is 0 Å². The highest BCUT2D eigenvalue weighted by Gasteiger charge is 2.48. The summed E-state index contributed by atoms with van der Waals surface area (Å²) in [5.41, 5.74) is 5.04. The molecule has 5 atom stereocenters. The lowest BCUT2D eigenvalue weighted by molar-refractivity contribution is 0.0836. The highest BCUT2D eigenvalue weighted by Crippen LogP contribution is 2.58. The Morgan fingerprint density at radius 1 is 0.825 bits per heavy atom. The summed E-state index contributed by atoms with van der Waals surface area (Å²) in [4.78, 5) is 0. The van der Waals surface area contributed by atoms with E-state index in [1.165, 1.54) is 16.7 Å². The number of fused-ring (bicyclic) bond motifs is 1. The van der Waals surface area contributed by atoms with Crippen LogP contribution in [0.5, 0.6) is 0 Å². The van der Waals surface area contributed by atoms with Gasteiger partial charge in [-0.3, -0.25) is 0 Å². The molecule has 5 unspecified atom stereocenters. The molecule has 1 aliphatic carbocycles. The molecule has 1 aliphatic rings. The van der Waals surface area contributed by atoms with Crippen molar-refractivity contribution < 1.29 is 4.39 Å². The SMILES string of the molecule is C/C=C/C(/C=C/CC)C(C)(C)CC(C)(C)C1Cc2ccccc2C1C(CC(F)c1ccccc1)c1ccccc1. The molecule has 0 N–H and O–H groups in total. The van der Waals surface area contributed by atoms with Crippen LogP contribution in [0.4, 0.5) is 4.39 Å². The summed E-state index contributed by atoms with van der Waals surface area (Å²) in [6.07, 6.45) is 12.0. The van der Waals surface area contributed by atoms with E-state index in [4.69, 9.17) is 0 Å². The molecule has 0 nitrogen and oxygen atoms in total. The van der Waals surface area contributed by atoms with Crippen molar-refractivity contribution in [2.75, 3.05) is 0 Å². The van der Waals surface area contributed by atoms with Crippen molar-refractivity contribution in [1.82, 2.24) is 0 Å². The van der Waals surface area contributed by atoms with Gasteiger partial charge < -0.3 is 0 Å². The van der Waals surface area contributed by atoms with Gasteiger partial charge in [0.2, 0.25) is 0 Å². The fourth-order valence-corrected chi connectivity index (χ4v) is 7.59. The molecule has 0 radical (unpaired) electrons. The van der Waals surface area contributed by atoms with Crippen LogP contribution in [0.3, 0.4) is 0 Å². The van der Waals surface area contributed by atoms with Crippen LogP contribution in [0.1, 0.15) is 101 Å². The molecular formula is C39H49F. The molecular weight excluding hydrogens is 487 g/mol. The van der Waals surface area contributed by atoms with Crippen LogP contribution in [0, 0.1) is 22.7 Å². The van der Waals surface area contributed by atoms with E-state index >= 15 is 4.39 Å². The van der Waals surface area contributed by atoms with Gasteiger partial charge in [-0.25, -0.2) is 4.39 Å². The Morgan fingerprint density at radius 3 is 2.05 bits per heavy atom. The van der Waals surface area contributed by atoms with Crippen molar-refractivity contribution in [1.29, 1.82) is 0 Å². The van der Waals surface area contributed by atoms with E-state index in [0.29, 0.717) is 18.3 Å². The first-order chi connectivity index (χ1) is 19.2. The Balaban J connectivity index is 1.75.